The SMILES string of the molecule is Cc1ccccc1-c1ccc2c(c1)c1cc(-c3ccccc3C)ccc1n2-c1ccc(C#N)cc1-c1ccc(-c2ccc(C(F)(F)F)cc2C#N)cc1-n1c2ccc(-c3ccccc3C)cc2c2cc(-c3ccccc3C)ccc21. The highest BCUT2D eigenvalue weighted by molar-refractivity contribution is 6.14. The Labute approximate surface area is 461 Å². The van der Waals surface area contributed by atoms with Crippen LogP contribution in [0.2, 0.25) is 0 Å². The zero-order chi connectivity index (χ0) is 55.0. The molecule has 0 unspecified atom stereocenters. The van der Waals surface area contributed by atoms with Gasteiger partial charge in [-0.05, 0) is 191 Å². The summed E-state index contributed by atoms with van der Waals surface area (Å²) < 4.78 is 47.3. The summed E-state index contributed by atoms with van der Waals surface area (Å²) >= 11 is 0. The molecule has 11 aromatic carbocycles. The smallest absolute Gasteiger partial charge is 0.309 e. The van der Waals surface area contributed by atoms with Crippen molar-refractivity contribution in [3.63, 3.8) is 0 Å². The van der Waals surface area contributed by atoms with Crippen LogP contribution in [-0.4, -0.2) is 9.13 Å². The fraction of sp³-hybridized carbons (Fsp3) is 0.0685. The molecule has 0 aliphatic rings. The predicted molar refractivity (Wildman–Crippen MR) is 321 cm³/mol. The molecule has 4 nitrogen and oxygen atoms in total. The second-order valence-electron chi connectivity index (χ2n) is 20.8. The summed E-state index contributed by atoms with van der Waals surface area (Å²) in [6.07, 6.45) is -4.64. The minimum Gasteiger partial charge on any atom is -0.309 e. The maximum atomic E-state index is 14.2. The van der Waals surface area contributed by atoms with Crippen LogP contribution in [-0.2, 0) is 6.18 Å². The Balaban J connectivity index is 1.13. The number of nitriles is 2. The van der Waals surface area contributed by atoms with Gasteiger partial charge in [0.2, 0.25) is 0 Å². The molecule has 2 aromatic heterocycles. The van der Waals surface area contributed by atoms with Crippen molar-refractivity contribution in [1.82, 2.24) is 9.13 Å². The first-order valence-corrected chi connectivity index (χ1v) is 26.6. The van der Waals surface area contributed by atoms with E-state index < -0.39 is 11.7 Å². The van der Waals surface area contributed by atoms with Crippen molar-refractivity contribution in [2.45, 2.75) is 33.9 Å². The number of hydrogen-bond donors (Lipinski definition) is 0. The fourth-order valence-electron chi connectivity index (χ4n) is 12.0. The highest BCUT2D eigenvalue weighted by Gasteiger charge is 2.32. The topological polar surface area (TPSA) is 57.4 Å². The molecule has 0 aliphatic heterocycles. The molecule has 80 heavy (non-hydrogen) atoms. The van der Waals surface area contributed by atoms with Gasteiger partial charge in [-0.1, -0.05) is 140 Å². The van der Waals surface area contributed by atoms with Crippen molar-refractivity contribution in [3.05, 3.63) is 263 Å². The van der Waals surface area contributed by atoms with Gasteiger partial charge in [-0.25, -0.2) is 0 Å². The van der Waals surface area contributed by atoms with E-state index in [0.717, 1.165) is 128 Å². The summed E-state index contributed by atoms with van der Waals surface area (Å²) in [4.78, 5) is 0. The van der Waals surface area contributed by atoms with E-state index in [1.165, 1.54) is 17.2 Å². The van der Waals surface area contributed by atoms with Gasteiger partial charge in [0.1, 0.15) is 0 Å². The Bertz CT molecular complexity index is 4580. The molecule has 0 aliphatic carbocycles. The minimum atomic E-state index is -4.64. The zero-order valence-corrected chi connectivity index (χ0v) is 44.3. The lowest BCUT2D eigenvalue weighted by molar-refractivity contribution is -0.137. The van der Waals surface area contributed by atoms with E-state index in [-0.39, 0.29) is 5.56 Å². The number of nitrogens with zero attached hydrogens (tertiary/aromatic N) is 4. The van der Waals surface area contributed by atoms with Gasteiger partial charge in [-0.15, -0.1) is 0 Å². The Morgan fingerprint density at radius 1 is 0.325 bits per heavy atom. The maximum absolute atomic E-state index is 14.2. The van der Waals surface area contributed by atoms with Gasteiger partial charge in [0.25, 0.3) is 0 Å². The van der Waals surface area contributed by atoms with Crippen molar-refractivity contribution in [3.8, 4) is 90.3 Å². The molecule has 2 heterocycles. The highest BCUT2D eigenvalue weighted by Crippen LogP contribution is 2.46. The van der Waals surface area contributed by atoms with Crippen LogP contribution in [0.5, 0.6) is 0 Å². The first kappa shape index (κ1) is 49.4. The summed E-state index contributed by atoms with van der Waals surface area (Å²) in [7, 11) is 0. The summed E-state index contributed by atoms with van der Waals surface area (Å²) in [6.45, 7) is 8.49. The standard InChI is InChI=1S/C73H49F3N4/c1-44-13-5-9-17-56(44)49-23-31-68-63(37-49)64-38-50(57-18-10-6-14-45(57)2)24-32-69(64)79(68)67-30-21-48(42-77)35-62(67)61-28-22-53(60-29-27-55(73(74,75)76)36-54(60)43-78)41-72(61)80-70-33-25-51(58-19-11-7-15-46(58)3)39-65(70)66-40-52(26-34-71(66)80)59-20-12-8-16-47(59)4/h5-41H,1-4H3. The quantitative estimate of drug-likeness (QED) is 0.152. The number of fused-ring (bicyclic) bond motifs is 6. The van der Waals surface area contributed by atoms with E-state index in [1.807, 2.05) is 48.5 Å². The van der Waals surface area contributed by atoms with Crippen LogP contribution in [0.4, 0.5) is 13.2 Å². The second-order valence-corrected chi connectivity index (χ2v) is 20.8. The average molecular weight is 1040 g/mol. The molecule has 0 amide bonds. The molecule has 0 spiro atoms. The number of aryl methyl sites for hydroxylation is 4. The average Bonchev–Trinajstić information content (AvgIpc) is 4.21. The molecule has 0 saturated carbocycles. The molecule has 13 aromatic rings. The van der Waals surface area contributed by atoms with Crippen molar-refractivity contribution in [2.24, 2.45) is 0 Å². The maximum Gasteiger partial charge on any atom is 0.416 e. The van der Waals surface area contributed by atoms with Crippen LogP contribution in [0.25, 0.3) is 122 Å². The van der Waals surface area contributed by atoms with E-state index in [1.54, 1.807) is 0 Å². The number of halogens is 3. The normalized spacial score (nSPS) is 11.7. The van der Waals surface area contributed by atoms with Gasteiger partial charge in [0.15, 0.2) is 0 Å². The first-order valence-electron chi connectivity index (χ1n) is 26.6. The molecule has 7 heteroatoms. The minimum absolute atomic E-state index is 0.0981. The number of aromatic nitrogens is 2. The molecule has 13 rings (SSSR count). The Morgan fingerprint density at radius 3 is 1.09 bits per heavy atom. The summed E-state index contributed by atoms with van der Waals surface area (Å²) in [5.41, 5.74) is 20.6. The van der Waals surface area contributed by atoms with Gasteiger partial charge < -0.3 is 9.13 Å². The largest absolute Gasteiger partial charge is 0.416 e. The zero-order valence-electron chi connectivity index (χ0n) is 44.3. The van der Waals surface area contributed by atoms with Crippen LogP contribution < -0.4 is 0 Å². The molecular formula is C73H49F3N4. The number of hydrogen-bond acceptors (Lipinski definition) is 2. The Morgan fingerprint density at radius 2 is 0.700 bits per heavy atom. The first-order chi connectivity index (χ1) is 38.9. The van der Waals surface area contributed by atoms with Crippen LogP contribution >= 0.6 is 0 Å². The molecule has 0 fully saturated rings. The summed E-state index contributed by atoms with van der Waals surface area (Å²) in [5, 5.41) is 25.4. The van der Waals surface area contributed by atoms with E-state index in [2.05, 4.69) is 207 Å². The highest BCUT2D eigenvalue weighted by atomic mass is 19.4. The molecule has 0 N–H and O–H groups in total. The summed E-state index contributed by atoms with van der Waals surface area (Å²) in [6, 6.07) is 79.5. The third-order valence-corrected chi connectivity index (χ3v) is 16.0. The summed E-state index contributed by atoms with van der Waals surface area (Å²) in [5.74, 6) is 0. The number of benzene rings is 11. The number of rotatable bonds is 8. The molecule has 0 bridgehead atoms. The van der Waals surface area contributed by atoms with Crippen LogP contribution in [0, 0.1) is 50.4 Å². The van der Waals surface area contributed by atoms with Crippen LogP contribution in [0.3, 0.4) is 0 Å². The van der Waals surface area contributed by atoms with Gasteiger partial charge in [0.05, 0.1) is 62.3 Å². The Hall–Kier alpha value is -10.2. The van der Waals surface area contributed by atoms with Crippen molar-refractivity contribution in [2.75, 3.05) is 0 Å². The molecule has 0 radical (unpaired) electrons. The second kappa shape index (κ2) is 19.4. The lowest BCUT2D eigenvalue weighted by Crippen LogP contribution is -2.05. The third-order valence-electron chi connectivity index (χ3n) is 16.0. The van der Waals surface area contributed by atoms with Crippen LogP contribution in [0.1, 0.15) is 38.9 Å². The van der Waals surface area contributed by atoms with E-state index >= 15 is 0 Å². The lowest BCUT2D eigenvalue weighted by atomic mass is 9.93. The van der Waals surface area contributed by atoms with Crippen molar-refractivity contribution < 1.29 is 13.2 Å². The molecule has 0 atom stereocenters. The van der Waals surface area contributed by atoms with Gasteiger partial charge in [-0.2, -0.15) is 23.7 Å². The molecule has 0 saturated heterocycles. The van der Waals surface area contributed by atoms with Gasteiger partial charge in [0, 0.05) is 32.7 Å². The predicted octanol–water partition coefficient (Wildman–Crippen LogP) is 19.9. The third kappa shape index (κ3) is 8.31. The fourth-order valence-corrected chi connectivity index (χ4v) is 12.0. The van der Waals surface area contributed by atoms with Crippen molar-refractivity contribution >= 4 is 43.6 Å². The molecular weight excluding hydrogens is 990 g/mol. The van der Waals surface area contributed by atoms with Gasteiger partial charge >= 0.3 is 6.18 Å². The molecule has 382 valence electrons. The van der Waals surface area contributed by atoms with Gasteiger partial charge in [-0.3, -0.25) is 0 Å². The van der Waals surface area contributed by atoms with E-state index in [4.69, 9.17) is 0 Å². The number of alkyl halides is 3. The van der Waals surface area contributed by atoms with E-state index in [0.29, 0.717) is 22.4 Å². The monoisotopic (exact) mass is 1040 g/mol. The Kier molecular flexibility index (Phi) is 11.9. The van der Waals surface area contributed by atoms with Crippen LogP contribution in [0.15, 0.2) is 224 Å². The lowest BCUT2D eigenvalue weighted by Gasteiger charge is -2.20. The van der Waals surface area contributed by atoms with E-state index in [9.17, 15) is 23.7 Å². The van der Waals surface area contributed by atoms with Crippen molar-refractivity contribution in [1.29, 1.82) is 10.5 Å².